The number of benzene rings is 1. The Morgan fingerprint density at radius 2 is 2.11 bits per heavy atom. The molecule has 0 saturated carbocycles. The number of hydrogen-bond donors (Lipinski definition) is 1. The van der Waals surface area contributed by atoms with E-state index in [4.69, 9.17) is 4.74 Å². The average Bonchev–Trinajstić information content (AvgIpc) is 2.83. The number of nitrogens with one attached hydrogen (secondary N) is 1. The highest BCUT2D eigenvalue weighted by atomic mass is 16.5. The molecule has 0 radical (unpaired) electrons. The number of rotatable bonds is 3. The van der Waals surface area contributed by atoms with Crippen LogP contribution in [-0.2, 0) is 6.42 Å². The van der Waals surface area contributed by atoms with E-state index in [9.17, 15) is 0 Å². The van der Waals surface area contributed by atoms with E-state index >= 15 is 0 Å². The Hall–Kier alpha value is -2.03. The zero-order valence-corrected chi connectivity index (χ0v) is 10.4. The van der Waals surface area contributed by atoms with E-state index in [0.717, 1.165) is 18.5 Å². The second-order valence-corrected chi connectivity index (χ2v) is 4.52. The molecular formula is C15H16N2O. The molecule has 3 nitrogen and oxygen atoms in total. The number of ether oxygens (including phenoxy) is 1. The summed E-state index contributed by atoms with van der Waals surface area (Å²) in [6, 6.07) is 12.9. The van der Waals surface area contributed by atoms with Gasteiger partial charge in [0.2, 0.25) is 5.88 Å². The summed E-state index contributed by atoms with van der Waals surface area (Å²) >= 11 is 0. The van der Waals surface area contributed by atoms with Crippen LogP contribution in [0.25, 0.3) is 0 Å². The molecule has 1 heterocycles. The normalized spacial score (nSPS) is 17.3. The fraction of sp³-hybridized carbons (Fsp3) is 0.267. The van der Waals surface area contributed by atoms with Crippen LogP contribution in [0.15, 0.2) is 42.6 Å². The highest BCUT2D eigenvalue weighted by molar-refractivity contribution is 5.47. The minimum Gasteiger partial charge on any atom is -0.481 e. The molecule has 2 aromatic rings. The summed E-state index contributed by atoms with van der Waals surface area (Å²) in [5, 5.41) is 3.53. The number of fused-ring (bicyclic) bond motifs is 1. The molecule has 1 aliphatic rings. The topological polar surface area (TPSA) is 34.1 Å². The van der Waals surface area contributed by atoms with Gasteiger partial charge in [-0.3, -0.25) is 0 Å². The molecule has 1 atom stereocenters. The molecule has 0 aliphatic heterocycles. The van der Waals surface area contributed by atoms with E-state index in [1.54, 1.807) is 7.11 Å². The Bertz CT molecular complexity index is 536. The number of anilines is 1. The Morgan fingerprint density at radius 3 is 2.89 bits per heavy atom. The van der Waals surface area contributed by atoms with E-state index < -0.39 is 0 Å². The lowest BCUT2D eigenvalue weighted by atomic mass is 10.1. The first-order valence-corrected chi connectivity index (χ1v) is 6.21. The minimum atomic E-state index is 0.399. The molecule has 0 amide bonds. The van der Waals surface area contributed by atoms with Crippen molar-refractivity contribution >= 4 is 5.69 Å². The molecule has 0 spiro atoms. The first kappa shape index (κ1) is 11.1. The van der Waals surface area contributed by atoms with Crippen LogP contribution < -0.4 is 10.1 Å². The van der Waals surface area contributed by atoms with E-state index in [2.05, 4.69) is 34.6 Å². The fourth-order valence-corrected chi connectivity index (χ4v) is 2.49. The number of aromatic nitrogens is 1. The summed E-state index contributed by atoms with van der Waals surface area (Å²) in [5.41, 5.74) is 3.90. The summed E-state index contributed by atoms with van der Waals surface area (Å²) in [7, 11) is 1.63. The van der Waals surface area contributed by atoms with Crippen LogP contribution >= 0.6 is 0 Å². The molecule has 1 aromatic carbocycles. The molecule has 1 N–H and O–H groups in total. The van der Waals surface area contributed by atoms with Crippen LogP contribution in [0.1, 0.15) is 23.6 Å². The van der Waals surface area contributed by atoms with Crippen LogP contribution in [0, 0.1) is 0 Å². The molecule has 0 saturated heterocycles. The second-order valence-electron chi connectivity index (χ2n) is 4.52. The van der Waals surface area contributed by atoms with Gasteiger partial charge in [-0.2, -0.15) is 0 Å². The van der Waals surface area contributed by atoms with Gasteiger partial charge in [-0.25, -0.2) is 4.98 Å². The summed E-state index contributed by atoms with van der Waals surface area (Å²) in [5.74, 6) is 0.646. The van der Waals surface area contributed by atoms with Crippen LogP contribution in [0.5, 0.6) is 5.88 Å². The highest BCUT2D eigenvalue weighted by Crippen LogP contribution is 2.33. The summed E-state index contributed by atoms with van der Waals surface area (Å²) < 4.78 is 5.06. The molecule has 1 unspecified atom stereocenters. The van der Waals surface area contributed by atoms with E-state index in [1.807, 2.05) is 18.3 Å². The molecule has 0 bridgehead atoms. The first-order valence-electron chi connectivity index (χ1n) is 6.21. The SMILES string of the molecule is COc1ccc(NC2CCc3ccccc32)cn1. The molecule has 92 valence electrons. The third kappa shape index (κ3) is 2.04. The lowest BCUT2D eigenvalue weighted by Gasteiger charge is -2.15. The standard InChI is InChI=1S/C15H16N2O/c1-18-15-9-7-12(10-16-15)17-14-8-6-11-4-2-3-5-13(11)14/h2-5,7,9-10,14,17H,6,8H2,1H3. The molecule has 3 heteroatoms. The van der Waals surface area contributed by atoms with Crippen molar-refractivity contribution in [3.63, 3.8) is 0 Å². The number of methoxy groups -OCH3 is 1. The van der Waals surface area contributed by atoms with Crippen molar-refractivity contribution in [2.75, 3.05) is 12.4 Å². The molecule has 0 fully saturated rings. The van der Waals surface area contributed by atoms with Gasteiger partial charge in [-0.05, 0) is 30.0 Å². The van der Waals surface area contributed by atoms with Gasteiger partial charge in [0, 0.05) is 6.07 Å². The van der Waals surface area contributed by atoms with Crippen molar-refractivity contribution < 1.29 is 4.74 Å². The van der Waals surface area contributed by atoms with Crippen molar-refractivity contribution in [3.05, 3.63) is 53.7 Å². The molecule has 18 heavy (non-hydrogen) atoms. The van der Waals surface area contributed by atoms with Gasteiger partial charge >= 0.3 is 0 Å². The van der Waals surface area contributed by atoms with E-state index in [1.165, 1.54) is 11.1 Å². The van der Waals surface area contributed by atoms with E-state index in [0.29, 0.717) is 11.9 Å². The highest BCUT2D eigenvalue weighted by Gasteiger charge is 2.21. The van der Waals surface area contributed by atoms with Gasteiger partial charge in [0.05, 0.1) is 25.0 Å². The maximum Gasteiger partial charge on any atom is 0.213 e. The average molecular weight is 240 g/mol. The predicted molar refractivity (Wildman–Crippen MR) is 71.9 cm³/mol. The Kier molecular flexibility index (Phi) is 2.89. The van der Waals surface area contributed by atoms with Gasteiger partial charge < -0.3 is 10.1 Å². The van der Waals surface area contributed by atoms with E-state index in [-0.39, 0.29) is 0 Å². The monoisotopic (exact) mass is 240 g/mol. The lowest BCUT2D eigenvalue weighted by molar-refractivity contribution is 0.398. The number of hydrogen-bond acceptors (Lipinski definition) is 3. The number of pyridine rings is 1. The second kappa shape index (κ2) is 4.69. The molecule has 1 aliphatic carbocycles. The van der Waals surface area contributed by atoms with Gasteiger partial charge in [-0.15, -0.1) is 0 Å². The predicted octanol–water partition coefficient (Wildman–Crippen LogP) is 3.19. The largest absolute Gasteiger partial charge is 0.481 e. The van der Waals surface area contributed by atoms with Crippen LogP contribution in [0.3, 0.4) is 0 Å². The smallest absolute Gasteiger partial charge is 0.213 e. The van der Waals surface area contributed by atoms with Gasteiger partial charge in [0.15, 0.2) is 0 Å². The minimum absolute atomic E-state index is 0.399. The van der Waals surface area contributed by atoms with Gasteiger partial charge in [0.1, 0.15) is 0 Å². The number of aryl methyl sites for hydroxylation is 1. The molecular weight excluding hydrogens is 224 g/mol. The van der Waals surface area contributed by atoms with Crippen molar-refractivity contribution in [2.24, 2.45) is 0 Å². The zero-order valence-electron chi connectivity index (χ0n) is 10.4. The zero-order chi connectivity index (χ0) is 12.4. The number of nitrogens with zero attached hydrogens (tertiary/aromatic N) is 1. The Morgan fingerprint density at radius 1 is 1.22 bits per heavy atom. The maximum absolute atomic E-state index is 5.06. The lowest BCUT2D eigenvalue weighted by Crippen LogP contribution is -2.07. The van der Waals surface area contributed by atoms with Crippen molar-refractivity contribution in [1.29, 1.82) is 0 Å². The van der Waals surface area contributed by atoms with Crippen LogP contribution in [-0.4, -0.2) is 12.1 Å². The molecule has 1 aromatic heterocycles. The Balaban J connectivity index is 1.77. The molecule has 3 rings (SSSR count). The van der Waals surface area contributed by atoms with Gasteiger partial charge in [-0.1, -0.05) is 24.3 Å². The fourth-order valence-electron chi connectivity index (χ4n) is 2.49. The van der Waals surface area contributed by atoms with Crippen molar-refractivity contribution in [3.8, 4) is 5.88 Å². The maximum atomic E-state index is 5.06. The summed E-state index contributed by atoms with van der Waals surface area (Å²) in [6.45, 7) is 0. The third-order valence-electron chi connectivity index (χ3n) is 3.42. The van der Waals surface area contributed by atoms with Crippen molar-refractivity contribution in [1.82, 2.24) is 4.98 Å². The third-order valence-corrected chi connectivity index (χ3v) is 3.42. The van der Waals surface area contributed by atoms with Crippen LogP contribution in [0.4, 0.5) is 5.69 Å². The quantitative estimate of drug-likeness (QED) is 0.894. The first-order chi connectivity index (χ1) is 8.86. The van der Waals surface area contributed by atoms with Crippen LogP contribution in [0.2, 0.25) is 0 Å². The summed E-state index contributed by atoms with van der Waals surface area (Å²) in [4.78, 5) is 4.21. The van der Waals surface area contributed by atoms with Gasteiger partial charge in [0.25, 0.3) is 0 Å². The summed E-state index contributed by atoms with van der Waals surface area (Å²) in [6.07, 6.45) is 4.11. The van der Waals surface area contributed by atoms with Crippen molar-refractivity contribution in [2.45, 2.75) is 18.9 Å². The Labute approximate surface area is 107 Å².